The minimum Gasteiger partial charge on any atom is -0.337 e. The maximum atomic E-state index is 13.2. The van der Waals surface area contributed by atoms with Crippen molar-refractivity contribution in [1.82, 2.24) is 19.4 Å². The van der Waals surface area contributed by atoms with Gasteiger partial charge in [-0.05, 0) is 51.4 Å². The van der Waals surface area contributed by atoms with Gasteiger partial charge in [0.1, 0.15) is 5.69 Å². The minimum absolute atomic E-state index is 0.0165. The molecule has 0 saturated carbocycles. The third-order valence-electron chi connectivity index (χ3n) is 6.05. The first kappa shape index (κ1) is 17.6. The Morgan fingerprint density at radius 2 is 1.19 bits per heavy atom. The molecule has 2 amide bonds. The lowest BCUT2D eigenvalue weighted by atomic mass is 10.1. The Kier molecular flexibility index (Phi) is 5.27. The number of imidazole rings is 1. The number of likely N-dealkylation sites (tertiary alicyclic amines) is 2. The highest BCUT2D eigenvalue weighted by molar-refractivity contribution is 5.97. The first-order valence-corrected chi connectivity index (χ1v) is 10.4. The molecule has 0 unspecified atom stereocenters. The van der Waals surface area contributed by atoms with Crippen LogP contribution in [0.5, 0.6) is 0 Å². The number of aromatic nitrogens is 2. The van der Waals surface area contributed by atoms with E-state index in [9.17, 15) is 9.59 Å². The van der Waals surface area contributed by atoms with Crippen molar-refractivity contribution in [2.75, 3.05) is 26.2 Å². The number of nitrogens with zero attached hydrogens (tertiary/aromatic N) is 4. The summed E-state index contributed by atoms with van der Waals surface area (Å²) in [6.07, 6.45) is 10.9. The fourth-order valence-electron chi connectivity index (χ4n) is 4.54. The molecule has 2 fully saturated rings. The van der Waals surface area contributed by atoms with Gasteiger partial charge in [-0.3, -0.25) is 9.59 Å². The van der Waals surface area contributed by atoms with Crippen LogP contribution >= 0.6 is 0 Å². The quantitative estimate of drug-likeness (QED) is 0.817. The second-order valence-electron chi connectivity index (χ2n) is 7.90. The number of piperidine rings is 1. The van der Waals surface area contributed by atoms with E-state index in [1.54, 1.807) is 0 Å². The van der Waals surface area contributed by atoms with Crippen molar-refractivity contribution in [3.63, 3.8) is 0 Å². The van der Waals surface area contributed by atoms with Gasteiger partial charge in [-0.1, -0.05) is 12.8 Å². The van der Waals surface area contributed by atoms with Gasteiger partial charge >= 0.3 is 0 Å². The third kappa shape index (κ3) is 3.38. The van der Waals surface area contributed by atoms with E-state index in [0.717, 1.165) is 83.4 Å². The van der Waals surface area contributed by atoms with Crippen LogP contribution in [0.4, 0.5) is 0 Å². The summed E-state index contributed by atoms with van der Waals surface area (Å²) in [6, 6.07) is 0. The second-order valence-corrected chi connectivity index (χ2v) is 7.90. The zero-order valence-corrected chi connectivity index (χ0v) is 15.7. The van der Waals surface area contributed by atoms with E-state index in [1.807, 2.05) is 14.4 Å². The van der Waals surface area contributed by atoms with Crippen molar-refractivity contribution in [3.05, 3.63) is 17.2 Å². The maximum absolute atomic E-state index is 13.2. The number of fused-ring (bicyclic) bond motifs is 1. The Morgan fingerprint density at radius 1 is 0.654 bits per heavy atom. The lowest BCUT2D eigenvalue weighted by molar-refractivity contribution is 0.0705. The van der Waals surface area contributed by atoms with Gasteiger partial charge in [-0.2, -0.15) is 0 Å². The second kappa shape index (κ2) is 7.80. The highest BCUT2D eigenvalue weighted by Gasteiger charge is 2.32. The Bertz CT molecular complexity index is 668. The fraction of sp³-hybridized carbons (Fsp3) is 0.750. The van der Waals surface area contributed by atoms with E-state index in [4.69, 9.17) is 0 Å². The molecule has 142 valence electrons. The van der Waals surface area contributed by atoms with Crippen LogP contribution in [0.1, 0.15) is 84.6 Å². The number of amides is 2. The molecule has 0 radical (unpaired) electrons. The summed E-state index contributed by atoms with van der Waals surface area (Å²) in [5, 5.41) is 0. The Labute approximate surface area is 155 Å². The number of rotatable bonds is 2. The molecule has 0 bridgehead atoms. The molecule has 2 saturated heterocycles. The fourth-order valence-corrected chi connectivity index (χ4v) is 4.54. The predicted molar refractivity (Wildman–Crippen MR) is 99.3 cm³/mol. The van der Waals surface area contributed by atoms with Crippen LogP contribution in [-0.4, -0.2) is 57.3 Å². The smallest absolute Gasteiger partial charge is 0.289 e. The number of hydrogen-bond donors (Lipinski definition) is 0. The molecule has 26 heavy (non-hydrogen) atoms. The number of carbonyl (C=O) groups is 2. The molecule has 3 aliphatic heterocycles. The zero-order valence-electron chi connectivity index (χ0n) is 15.7. The molecule has 0 N–H and O–H groups in total. The van der Waals surface area contributed by atoms with Gasteiger partial charge in [0, 0.05) is 32.7 Å². The van der Waals surface area contributed by atoms with Gasteiger partial charge in [0.2, 0.25) is 0 Å². The van der Waals surface area contributed by atoms with Crippen LogP contribution in [0.2, 0.25) is 0 Å². The first-order valence-electron chi connectivity index (χ1n) is 10.4. The topological polar surface area (TPSA) is 58.4 Å². The lowest BCUT2D eigenvalue weighted by Gasteiger charge is -2.27. The van der Waals surface area contributed by atoms with Crippen LogP contribution in [0.25, 0.3) is 0 Å². The molecule has 0 aliphatic carbocycles. The van der Waals surface area contributed by atoms with Gasteiger partial charge in [0.05, 0.1) is 5.69 Å². The van der Waals surface area contributed by atoms with Crippen molar-refractivity contribution in [2.45, 2.75) is 70.8 Å². The Balaban J connectivity index is 1.63. The third-order valence-corrected chi connectivity index (χ3v) is 6.05. The lowest BCUT2D eigenvalue weighted by Crippen LogP contribution is -2.37. The first-order chi connectivity index (χ1) is 12.8. The van der Waals surface area contributed by atoms with Crippen molar-refractivity contribution >= 4 is 11.8 Å². The average Bonchev–Trinajstić information content (AvgIpc) is 2.87. The molecule has 1 aromatic heterocycles. The van der Waals surface area contributed by atoms with Crippen LogP contribution in [0.3, 0.4) is 0 Å². The van der Waals surface area contributed by atoms with Gasteiger partial charge in [0.25, 0.3) is 11.8 Å². The van der Waals surface area contributed by atoms with Crippen LogP contribution in [0.15, 0.2) is 0 Å². The number of hydrogen-bond acceptors (Lipinski definition) is 3. The average molecular weight is 358 g/mol. The Morgan fingerprint density at radius 3 is 1.85 bits per heavy atom. The summed E-state index contributed by atoms with van der Waals surface area (Å²) >= 11 is 0. The molecule has 6 heteroatoms. The molecular formula is C20H30N4O2. The largest absolute Gasteiger partial charge is 0.337 e. The molecular weight excluding hydrogens is 328 g/mol. The molecule has 6 nitrogen and oxygen atoms in total. The number of carbonyl (C=O) groups excluding carboxylic acids is 2. The van der Waals surface area contributed by atoms with Gasteiger partial charge in [-0.25, -0.2) is 4.98 Å². The monoisotopic (exact) mass is 358 g/mol. The van der Waals surface area contributed by atoms with Crippen LogP contribution in [0, 0.1) is 0 Å². The van der Waals surface area contributed by atoms with Gasteiger partial charge in [0.15, 0.2) is 5.82 Å². The van der Waals surface area contributed by atoms with Crippen molar-refractivity contribution in [2.24, 2.45) is 0 Å². The molecule has 4 rings (SSSR count). The molecule has 3 aliphatic rings. The maximum Gasteiger partial charge on any atom is 0.289 e. The van der Waals surface area contributed by atoms with Crippen molar-refractivity contribution in [1.29, 1.82) is 0 Å². The molecule has 0 atom stereocenters. The SMILES string of the molecule is O=C(c1nc(C(=O)N2CCCCC2)n2c1CCCC2)N1CCCCCC1. The van der Waals surface area contributed by atoms with E-state index < -0.39 is 0 Å². The van der Waals surface area contributed by atoms with Crippen LogP contribution < -0.4 is 0 Å². The molecule has 0 spiro atoms. The van der Waals surface area contributed by atoms with Gasteiger partial charge < -0.3 is 14.4 Å². The van der Waals surface area contributed by atoms with Gasteiger partial charge in [-0.15, -0.1) is 0 Å². The van der Waals surface area contributed by atoms with Crippen molar-refractivity contribution < 1.29 is 9.59 Å². The highest BCUT2D eigenvalue weighted by atomic mass is 16.2. The van der Waals surface area contributed by atoms with E-state index in [2.05, 4.69) is 4.98 Å². The van der Waals surface area contributed by atoms with Crippen molar-refractivity contribution in [3.8, 4) is 0 Å². The summed E-state index contributed by atoms with van der Waals surface area (Å²) < 4.78 is 2.05. The standard InChI is InChI=1S/C20H30N4O2/c25-19(22-11-5-1-2-6-12-22)17-16-10-4-9-15-24(16)18(21-17)20(26)23-13-7-3-8-14-23/h1-15H2. The summed E-state index contributed by atoms with van der Waals surface area (Å²) in [5.74, 6) is 0.554. The summed E-state index contributed by atoms with van der Waals surface area (Å²) in [6.45, 7) is 4.08. The van der Waals surface area contributed by atoms with Crippen LogP contribution in [-0.2, 0) is 13.0 Å². The summed E-state index contributed by atoms with van der Waals surface area (Å²) in [4.78, 5) is 34.8. The normalized spacial score (nSPS) is 21.2. The van der Waals surface area contributed by atoms with E-state index in [0.29, 0.717) is 11.5 Å². The summed E-state index contributed by atoms with van der Waals surface area (Å²) in [7, 11) is 0. The molecule has 4 heterocycles. The highest BCUT2D eigenvalue weighted by Crippen LogP contribution is 2.25. The summed E-state index contributed by atoms with van der Waals surface area (Å²) in [5.41, 5.74) is 1.54. The predicted octanol–water partition coefficient (Wildman–Crippen LogP) is 2.86. The molecule has 0 aromatic carbocycles. The van der Waals surface area contributed by atoms with E-state index >= 15 is 0 Å². The minimum atomic E-state index is 0.0165. The van der Waals surface area contributed by atoms with E-state index in [1.165, 1.54) is 19.3 Å². The Hall–Kier alpha value is -1.85. The van der Waals surface area contributed by atoms with E-state index in [-0.39, 0.29) is 11.8 Å². The zero-order chi connectivity index (χ0) is 17.9. The molecule has 1 aromatic rings.